The third kappa shape index (κ3) is 7.28. The van der Waals surface area contributed by atoms with Crippen molar-refractivity contribution in [3.05, 3.63) is 21.4 Å². The molecule has 3 aliphatic rings. The van der Waals surface area contributed by atoms with Crippen molar-refractivity contribution < 1.29 is 28.2 Å². The van der Waals surface area contributed by atoms with Gasteiger partial charge < -0.3 is 19.1 Å². The summed E-state index contributed by atoms with van der Waals surface area (Å²) in [6.45, 7) is 11.1. The second-order valence-electron chi connectivity index (χ2n) is 12.4. The molecule has 2 bridgehead atoms. The van der Waals surface area contributed by atoms with E-state index in [1.54, 1.807) is 6.07 Å². The highest BCUT2D eigenvalue weighted by Crippen LogP contribution is 2.39. The smallest absolute Gasteiger partial charge is 0.410 e. The fourth-order valence-electron chi connectivity index (χ4n) is 6.10. The molecule has 5 rings (SSSR count). The Bertz CT molecular complexity index is 1350. The van der Waals surface area contributed by atoms with Crippen LogP contribution >= 0.6 is 27.5 Å². The van der Waals surface area contributed by atoms with E-state index >= 15 is 4.39 Å². The van der Waals surface area contributed by atoms with Crippen LogP contribution in [-0.4, -0.2) is 94.9 Å². The molecule has 4 heterocycles. The second kappa shape index (κ2) is 13.3. The van der Waals surface area contributed by atoms with Gasteiger partial charge in [-0.2, -0.15) is 9.97 Å². The number of hydrogen-bond acceptors (Lipinski definition) is 9. The lowest BCUT2D eigenvalue weighted by Gasteiger charge is -2.42. The Balaban J connectivity index is 1.30. The minimum atomic E-state index is -0.580. The zero-order valence-corrected chi connectivity index (χ0v) is 27.5. The summed E-state index contributed by atoms with van der Waals surface area (Å²) in [5, 5.41) is 0.724. The van der Waals surface area contributed by atoms with Crippen molar-refractivity contribution in [3.8, 4) is 6.01 Å². The first kappa shape index (κ1) is 32.0. The molecule has 0 aliphatic carbocycles. The van der Waals surface area contributed by atoms with E-state index in [1.165, 1.54) is 0 Å². The summed E-state index contributed by atoms with van der Waals surface area (Å²) in [6, 6.07) is 1.87. The quantitative estimate of drug-likeness (QED) is 0.171. The van der Waals surface area contributed by atoms with Crippen LogP contribution in [-0.2, 0) is 14.3 Å². The molecule has 13 heteroatoms. The van der Waals surface area contributed by atoms with E-state index in [1.807, 2.05) is 32.6 Å². The second-order valence-corrected chi connectivity index (χ2v) is 13.6. The molecule has 1 aromatic heterocycles. The molecule has 3 fully saturated rings. The van der Waals surface area contributed by atoms with E-state index in [9.17, 15) is 9.59 Å². The van der Waals surface area contributed by atoms with Gasteiger partial charge in [-0.1, -0.05) is 11.6 Å². The largest absolute Gasteiger partial charge is 0.466 e. The van der Waals surface area contributed by atoms with Crippen molar-refractivity contribution >= 4 is 56.3 Å². The number of carbonyl (C=O) groups is 2. The van der Waals surface area contributed by atoms with Crippen molar-refractivity contribution in [1.82, 2.24) is 19.8 Å². The van der Waals surface area contributed by atoms with Gasteiger partial charge in [0.25, 0.3) is 0 Å². The molecule has 3 saturated heterocycles. The molecule has 3 aliphatic heterocycles. The monoisotopic (exact) mass is 683 g/mol. The Morgan fingerprint density at radius 1 is 1.14 bits per heavy atom. The third-order valence-electron chi connectivity index (χ3n) is 8.22. The number of nitrogens with zero attached hydrogens (tertiary/aromatic N) is 5. The Morgan fingerprint density at radius 2 is 1.86 bits per heavy atom. The zero-order valence-electron chi connectivity index (χ0n) is 25.2. The maximum Gasteiger partial charge on any atom is 0.410 e. The number of likely N-dealkylation sites (tertiary alicyclic amines) is 1. The first-order valence-electron chi connectivity index (χ1n) is 15.1. The number of rotatable bonds is 10. The molecule has 10 nitrogen and oxygen atoms in total. The Kier molecular flexibility index (Phi) is 9.87. The van der Waals surface area contributed by atoms with E-state index < -0.39 is 11.4 Å². The summed E-state index contributed by atoms with van der Waals surface area (Å²) in [6.07, 6.45) is 4.47. The first-order chi connectivity index (χ1) is 20.4. The lowest BCUT2D eigenvalue weighted by Crippen LogP contribution is -2.57. The average Bonchev–Trinajstić information content (AvgIpc) is 3.20. The van der Waals surface area contributed by atoms with Gasteiger partial charge in [0.1, 0.15) is 23.5 Å². The summed E-state index contributed by atoms with van der Waals surface area (Å²) in [7, 11) is 0. The Labute approximate surface area is 265 Å². The van der Waals surface area contributed by atoms with Crippen molar-refractivity contribution in [2.75, 3.05) is 44.3 Å². The fourth-order valence-corrected chi connectivity index (χ4v) is 6.59. The SMILES string of the molecule is CCOC(=O)CCCCN1CC[C@H]1COc1nc(N2CC3CCC(C2)N3C(=O)OC(C)(C)C)c2cc(Cl)c(Br)c(F)c2n1. The molecule has 3 atom stereocenters. The van der Waals surface area contributed by atoms with Gasteiger partial charge in [-0.25, -0.2) is 9.18 Å². The number of unbranched alkanes of at least 4 members (excludes halogenated alkanes) is 1. The number of amides is 1. The predicted molar refractivity (Wildman–Crippen MR) is 165 cm³/mol. The van der Waals surface area contributed by atoms with Gasteiger partial charge in [0.15, 0.2) is 5.82 Å². The molecule has 236 valence electrons. The van der Waals surface area contributed by atoms with Crippen molar-refractivity contribution in [1.29, 1.82) is 0 Å². The van der Waals surface area contributed by atoms with E-state index in [-0.39, 0.29) is 51.2 Å². The minimum Gasteiger partial charge on any atom is -0.466 e. The van der Waals surface area contributed by atoms with Crippen LogP contribution in [0, 0.1) is 5.82 Å². The Morgan fingerprint density at radius 3 is 2.49 bits per heavy atom. The van der Waals surface area contributed by atoms with E-state index in [0.717, 1.165) is 45.2 Å². The summed E-state index contributed by atoms with van der Waals surface area (Å²) in [5.41, 5.74) is -0.453. The molecular formula is C30H40BrClFN5O5. The molecule has 0 radical (unpaired) electrons. The summed E-state index contributed by atoms with van der Waals surface area (Å²) >= 11 is 9.62. The Hall–Kier alpha value is -2.44. The molecule has 1 amide bonds. The predicted octanol–water partition coefficient (Wildman–Crippen LogP) is 5.96. The molecule has 1 aromatic carbocycles. The first-order valence-corrected chi connectivity index (χ1v) is 16.3. The van der Waals surface area contributed by atoms with E-state index in [0.29, 0.717) is 43.9 Å². The van der Waals surface area contributed by atoms with Gasteiger partial charge >= 0.3 is 18.1 Å². The van der Waals surface area contributed by atoms with Gasteiger partial charge in [-0.05, 0) is 88.3 Å². The van der Waals surface area contributed by atoms with Crippen molar-refractivity contribution in [3.63, 3.8) is 0 Å². The average molecular weight is 685 g/mol. The number of piperazine rings is 1. The van der Waals surface area contributed by atoms with Crippen molar-refractivity contribution in [2.24, 2.45) is 0 Å². The lowest BCUT2D eigenvalue weighted by molar-refractivity contribution is -0.143. The molecule has 0 N–H and O–H groups in total. The number of ether oxygens (including phenoxy) is 3. The van der Waals surface area contributed by atoms with E-state index in [4.69, 9.17) is 30.8 Å². The molecule has 2 aromatic rings. The summed E-state index contributed by atoms with van der Waals surface area (Å²) in [4.78, 5) is 40.1. The molecular weight excluding hydrogens is 645 g/mol. The van der Waals surface area contributed by atoms with Gasteiger partial charge in [-0.15, -0.1) is 0 Å². The molecule has 43 heavy (non-hydrogen) atoms. The van der Waals surface area contributed by atoms with Crippen LogP contribution in [0.25, 0.3) is 10.9 Å². The molecule has 2 unspecified atom stereocenters. The normalized spacial score (nSPS) is 22.1. The van der Waals surface area contributed by atoms with Crippen LogP contribution in [0.2, 0.25) is 5.02 Å². The zero-order chi connectivity index (χ0) is 30.9. The number of esters is 1. The number of anilines is 1. The van der Waals surface area contributed by atoms with Crippen molar-refractivity contribution in [2.45, 2.75) is 89.9 Å². The molecule has 0 spiro atoms. The van der Waals surface area contributed by atoms with Crippen LogP contribution in [0.1, 0.15) is 66.2 Å². The summed E-state index contributed by atoms with van der Waals surface area (Å²) < 4.78 is 32.4. The maximum atomic E-state index is 15.5. The number of benzene rings is 1. The molecule has 0 saturated carbocycles. The van der Waals surface area contributed by atoms with Crippen LogP contribution in [0.3, 0.4) is 0 Å². The van der Waals surface area contributed by atoms with Crippen LogP contribution in [0.4, 0.5) is 15.0 Å². The maximum absolute atomic E-state index is 15.5. The highest BCUT2D eigenvalue weighted by atomic mass is 79.9. The highest BCUT2D eigenvalue weighted by molar-refractivity contribution is 9.10. The van der Waals surface area contributed by atoms with E-state index in [2.05, 4.69) is 30.7 Å². The standard InChI is InChI=1S/C30H40BrClFN5O5/c1-5-41-23(39)8-6-7-12-36-13-11-20(36)17-42-28-34-26-21(14-22(32)24(31)25(26)33)27(35-28)37-15-18-9-10-19(16-37)38(18)29(40)43-30(2,3)4/h14,18-20H,5-13,15-17H2,1-4H3/t18?,19?,20-/m0/s1. The number of halogens is 3. The number of hydrogen-bond donors (Lipinski definition) is 0. The number of aromatic nitrogens is 2. The van der Waals surface area contributed by atoms with Gasteiger partial charge in [0.05, 0.1) is 28.2 Å². The highest BCUT2D eigenvalue weighted by Gasteiger charge is 2.45. The number of carbonyl (C=O) groups excluding carboxylic acids is 2. The summed E-state index contributed by atoms with van der Waals surface area (Å²) in [5.74, 6) is -0.189. The fraction of sp³-hybridized carbons (Fsp3) is 0.667. The number of fused-ring (bicyclic) bond motifs is 3. The van der Waals surface area contributed by atoms with Crippen LogP contribution in [0.15, 0.2) is 10.5 Å². The van der Waals surface area contributed by atoms with Gasteiger partial charge in [0, 0.05) is 37.5 Å². The van der Waals surface area contributed by atoms with Crippen LogP contribution < -0.4 is 9.64 Å². The van der Waals surface area contributed by atoms with Gasteiger partial charge in [0.2, 0.25) is 0 Å². The van der Waals surface area contributed by atoms with Crippen LogP contribution in [0.5, 0.6) is 6.01 Å². The minimum absolute atomic E-state index is 0.0499. The lowest BCUT2D eigenvalue weighted by atomic mass is 10.0. The topological polar surface area (TPSA) is 97.3 Å². The van der Waals surface area contributed by atoms with Gasteiger partial charge in [-0.3, -0.25) is 14.6 Å². The third-order valence-corrected chi connectivity index (χ3v) is 9.53.